The van der Waals surface area contributed by atoms with Gasteiger partial charge in [-0.2, -0.15) is 4.52 Å². The number of alkyl halides is 1. The number of thioether (sulfide) groups is 1. The summed E-state index contributed by atoms with van der Waals surface area (Å²) < 4.78 is 2.21. The van der Waals surface area contributed by atoms with E-state index in [4.69, 9.17) is 11.6 Å². The Morgan fingerprint density at radius 3 is 3.00 bits per heavy atom. The van der Waals surface area contributed by atoms with Crippen molar-refractivity contribution in [2.24, 2.45) is 5.92 Å². The lowest BCUT2D eigenvalue weighted by molar-refractivity contribution is 0.748. The number of halogens is 1. The van der Waals surface area contributed by atoms with Gasteiger partial charge in [-0.25, -0.2) is 4.98 Å². The van der Waals surface area contributed by atoms with Crippen LogP contribution in [-0.2, 0) is 5.88 Å². The molecule has 0 aliphatic heterocycles. The zero-order valence-electron chi connectivity index (χ0n) is 9.51. The molecular formula is C10H12ClN3OS2. The van der Waals surface area contributed by atoms with Crippen LogP contribution in [0.25, 0.3) is 4.96 Å². The quantitative estimate of drug-likeness (QED) is 0.641. The van der Waals surface area contributed by atoms with Crippen molar-refractivity contribution in [1.82, 2.24) is 14.6 Å². The van der Waals surface area contributed by atoms with Gasteiger partial charge >= 0.3 is 0 Å². The highest BCUT2D eigenvalue weighted by molar-refractivity contribution is 8.01. The van der Waals surface area contributed by atoms with Crippen LogP contribution in [0.1, 0.15) is 19.5 Å². The fourth-order valence-electron chi connectivity index (χ4n) is 1.20. The minimum Gasteiger partial charge on any atom is -0.267 e. The molecule has 0 unspecified atom stereocenters. The van der Waals surface area contributed by atoms with E-state index in [1.807, 2.05) is 0 Å². The van der Waals surface area contributed by atoms with Gasteiger partial charge in [0.1, 0.15) is 0 Å². The molecule has 0 aliphatic rings. The molecule has 2 heterocycles. The molecule has 0 saturated heterocycles. The molecule has 2 rings (SSSR count). The van der Waals surface area contributed by atoms with Crippen molar-refractivity contribution in [3.8, 4) is 0 Å². The molecular weight excluding hydrogens is 278 g/mol. The summed E-state index contributed by atoms with van der Waals surface area (Å²) in [6.07, 6.45) is 0. The van der Waals surface area contributed by atoms with Crippen LogP contribution in [0.15, 0.2) is 15.2 Å². The van der Waals surface area contributed by atoms with Gasteiger partial charge in [0.05, 0.1) is 11.6 Å². The Kier molecular flexibility index (Phi) is 4.06. The zero-order chi connectivity index (χ0) is 12.4. The molecule has 2 aromatic rings. The highest BCUT2D eigenvalue weighted by Crippen LogP contribution is 2.25. The molecule has 7 heteroatoms. The molecule has 0 aromatic carbocycles. The molecule has 0 radical (unpaired) electrons. The van der Waals surface area contributed by atoms with Crippen LogP contribution < -0.4 is 5.56 Å². The standard InChI is InChI=1S/C10H12ClN3OS2/c1-6(2)5-16-10-13-14-8(15)3-7(4-11)12-9(14)17-10/h3,6H,4-5H2,1-2H3. The first-order valence-corrected chi connectivity index (χ1v) is 7.52. The Morgan fingerprint density at radius 1 is 1.59 bits per heavy atom. The second-order valence-corrected chi connectivity index (χ2v) is 6.48. The van der Waals surface area contributed by atoms with E-state index in [1.165, 1.54) is 21.9 Å². The van der Waals surface area contributed by atoms with E-state index in [0.717, 1.165) is 10.1 Å². The topological polar surface area (TPSA) is 47.3 Å². The minimum atomic E-state index is -0.168. The van der Waals surface area contributed by atoms with Crippen LogP contribution in [0.4, 0.5) is 0 Å². The Balaban J connectivity index is 2.36. The van der Waals surface area contributed by atoms with Gasteiger partial charge in [-0.15, -0.1) is 16.7 Å². The van der Waals surface area contributed by atoms with E-state index in [-0.39, 0.29) is 11.4 Å². The van der Waals surface area contributed by atoms with Crippen molar-refractivity contribution in [2.45, 2.75) is 24.1 Å². The molecule has 0 atom stereocenters. The summed E-state index contributed by atoms with van der Waals surface area (Å²) in [5.74, 6) is 1.82. The van der Waals surface area contributed by atoms with Gasteiger partial charge in [0.15, 0.2) is 4.34 Å². The van der Waals surface area contributed by atoms with Gasteiger partial charge in [-0.05, 0) is 5.92 Å². The molecule has 4 nitrogen and oxygen atoms in total. The van der Waals surface area contributed by atoms with Crippen LogP contribution in [-0.4, -0.2) is 20.4 Å². The van der Waals surface area contributed by atoms with E-state index in [0.29, 0.717) is 16.6 Å². The minimum absolute atomic E-state index is 0.168. The maximum absolute atomic E-state index is 11.7. The van der Waals surface area contributed by atoms with E-state index in [1.54, 1.807) is 11.8 Å². The van der Waals surface area contributed by atoms with Crippen LogP contribution in [0.5, 0.6) is 0 Å². The van der Waals surface area contributed by atoms with Gasteiger partial charge in [0, 0.05) is 11.8 Å². The summed E-state index contributed by atoms with van der Waals surface area (Å²) in [4.78, 5) is 16.6. The van der Waals surface area contributed by atoms with E-state index in [2.05, 4.69) is 23.9 Å². The fourth-order valence-corrected chi connectivity index (χ4v) is 3.28. The number of nitrogens with zero attached hydrogens (tertiary/aromatic N) is 3. The van der Waals surface area contributed by atoms with Gasteiger partial charge < -0.3 is 0 Å². The Morgan fingerprint density at radius 2 is 2.35 bits per heavy atom. The van der Waals surface area contributed by atoms with Crippen molar-refractivity contribution in [2.75, 3.05) is 5.75 Å². The zero-order valence-corrected chi connectivity index (χ0v) is 11.9. The number of hydrogen-bond acceptors (Lipinski definition) is 5. The second-order valence-electron chi connectivity index (χ2n) is 3.99. The highest BCUT2D eigenvalue weighted by Gasteiger charge is 2.09. The highest BCUT2D eigenvalue weighted by atomic mass is 35.5. The molecule has 0 saturated carbocycles. The fraction of sp³-hybridized carbons (Fsp3) is 0.500. The first kappa shape index (κ1) is 12.9. The van der Waals surface area contributed by atoms with E-state index >= 15 is 0 Å². The molecule has 2 aromatic heterocycles. The number of rotatable bonds is 4. The molecule has 0 spiro atoms. The molecule has 0 bridgehead atoms. The molecule has 0 N–H and O–H groups in total. The monoisotopic (exact) mass is 289 g/mol. The Bertz CT molecular complexity index is 578. The lowest BCUT2D eigenvalue weighted by Crippen LogP contribution is -2.14. The maximum atomic E-state index is 11.7. The largest absolute Gasteiger partial charge is 0.275 e. The van der Waals surface area contributed by atoms with Gasteiger partial charge in [-0.3, -0.25) is 4.79 Å². The Labute approximate surface area is 112 Å². The van der Waals surface area contributed by atoms with Crippen molar-refractivity contribution in [1.29, 1.82) is 0 Å². The SMILES string of the molecule is CC(C)CSc1nn2c(=O)cc(CCl)nc2s1. The summed E-state index contributed by atoms with van der Waals surface area (Å²) >= 11 is 8.76. The smallest absolute Gasteiger partial charge is 0.267 e. The third-order valence-electron chi connectivity index (χ3n) is 1.96. The maximum Gasteiger partial charge on any atom is 0.275 e. The van der Waals surface area contributed by atoms with E-state index in [9.17, 15) is 4.79 Å². The molecule has 92 valence electrons. The summed E-state index contributed by atoms with van der Waals surface area (Å²) in [7, 11) is 0. The number of fused-ring (bicyclic) bond motifs is 1. The molecule has 0 amide bonds. The third-order valence-corrected chi connectivity index (χ3v) is 4.70. The van der Waals surface area contributed by atoms with Crippen molar-refractivity contribution in [3.63, 3.8) is 0 Å². The van der Waals surface area contributed by atoms with Crippen molar-refractivity contribution in [3.05, 3.63) is 22.1 Å². The first-order chi connectivity index (χ1) is 8.10. The van der Waals surface area contributed by atoms with Crippen LogP contribution in [0, 0.1) is 5.92 Å². The number of hydrogen-bond donors (Lipinski definition) is 0. The van der Waals surface area contributed by atoms with Crippen LogP contribution in [0.3, 0.4) is 0 Å². The number of aromatic nitrogens is 3. The first-order valence-electron chi connectivity index (χ1n) is 5.18. The predicted octanol–water partition coefficient (Wildman–Crippen LogP) is 2.64. The molecule has 17 heavy (non-hydrogen) atoms. The summed E-state index contributed by atoms with van der Waals surface area (Å²) in [5, 5.41) is 4.24. The lowest BCUT2D eigenvalue weighted by Gasteiger charge is -1.98. The van der Waals surface area contributed by atoms with Crippen molar-refractivity contribution < 1.29 is 0 Å². The van der Waals surface area contributed by atoms with Gasteiger partial charge in [0.2, 0.25) is 4.96 Å². The van der Waals surface area contributed by atoms with Crippen LogP contribution >= 0.6 is 34.7 Å². The van der Waals surface area contributed by atoms with Gasteiger partial charge in [0.25, 0.3) is 5.56 Å². The summed E-state index contributed by atoms with van der Waals surface area (Å²) in [6, 6.07) is 1.43. The second kappa shape index (κ2) is 5.37. The van der Waals surface area contributed by atoms with Crippen molar-refractivity contribution >= 4 is 39.7 Å². The third kappa shape index (κ3) is 3.00. The average molecular weight is 290 g/mol. The van der Waals surface area contributed by atoms with Gasteiger partial charge in [-0.1, -0.05) is 36.9 Å². The molecule has 0 aliphatic carbocycles. The van der Waals surface area contributed by atoms with Crippen LogP contribution in [0.2, 0.25) is 0 Å². The predicted molar refractivity (Wildman–Crippen MR) is 72.3 cm³/mol. The van der Waals surface area contributed by atoms with E-state index < -0.39 is 0 Å². The molecule has 0 fully saturated rings. The summed E-state index contributed by atoms with van der Waals surface area (Å²) in [6.45, 7) is 4.30. The lowest BCUT2D eigenvalue weighted by atomic mass is 10.3. The average Bonchev–Trinajstić information content (AvgIpc) is 2.69. The Hall–Kier alpha value is -0.590. The summed E-state index contributed by atoms with van der Waals surface area (Å²) in [5.41, 5.74) is 0.430. The normalized spacial score (nSPS) is 11.5.